The maximum atomic E-state index is 12.3. The molecular weight excluding hydrogens is 420 g/mol. The summed E-state index contributed by atoms with van der Waals surface area (Å²) in [6.07, 6.45) is 1.43. The standard InChI is InChI=1S/C27H24O6/c1-27(2)32-25(28)22(26(29)33-27)15-21-13-14-23(30-17-19-9-5-3-6-10-19)24(16-21)31-18-20-11-7-4-8-12-20/h3-16H,17-18H2,1-2H3. The summed E-state index contributed by atoms with van der Waals surface area (Å²) in [5, 5.41) is 0. The summed E-state index contributed by atoms with van der Waals surface area (Å²) in [4.78, 5) is 24.6. The zero-order valence-electron chi connectivity index (χ0n) is 18.4. The van der Waals surface area contributed by atoms with Crippen molar-refractivity contribution in [3.05, 3.63) is 101 Å². The van der Waals surface area contributed by atoms with Gasteiger partial charge in [0.1, 0.15) is 18.8 Å². The van der Waals surface area contributed by atoms with E-state index in [1.165, 1.54) is 19.9 Å². The number of carbonyl (C=O) groups excluding carboxylic acids is 2. The molecule has 0 saturated carbocycles. The van der Waals surface area contributed by atoms with E-state index in [4.69, 9.17) is 18.9 Å². The minimum atomic E-state index is -1.29. The highest BCUT2D eigenvalue weighted by molar-refractivity contribution is 6.18. The maximum Gasteiger partial charge on any atom is 0.348 e. The van der Waals surface area contributed by atoms with E-state index < -0.39 is 17.7 Å². The van der Waals surface area contributed by atoms with Gasteiger partial charge in [0.25, 0.3) is 5.79 Å². The highest BCUT2D eigenvalue weighted by Gasteiger charge is 2.38. The van der Waals surface area contributed by atoms with E-state index in [1.807, 2.05) is 60.7 Å². The Morgan fingerprint density at radius 2 is 1.24 bits per heavy atom. The molecule has 1 aliphatic heterocycles. The first-order chi connectivity index (χ1) is 15.9. The molecule has 0 bridgehead atoms. The predicted octanol–water partition coefficient (Wildman–Crippen LogP) is 5.06. The van der Waals surface area contributed by atoms with Crippen molar-refractivity contribution in [2.45, 2.75) is 32.8 Å². The number of ether oxygens (including phenoxy) is 4. The molecule has 168 valence electrons. The Balaban J connectivity index is 1.59. The van der Waals surface area contributed by atoms with Gasteiger partial charge in [0, 0.05) is 13.8 Å². The molecule has 1 saturated heterocycles. The third-order valence-corrected chi connectivity index (χ3v) is 4.87. The quantitative estimate of drug-likeness (QED) is 0.288. The third kappa shape index (κ3) is 5.80. The molecule has 1 aliphatic rings. The van der Waals surface area contributed by atoms with Gasteiger partial charge in [0.2, 0.25) is 0 Å². The topological polar surface area (TPSA) is 71.1 Å². The summed E-state index contributed by atoms with van der Waals surface area (Å²) in [5.41, 5.74) is 2.42. The lowest BCUT2D eigenvalue weighted by atomic mass is 10.1. The fraction of sp³-hybridized carbons (Fsp3) is 0.185. The average Bonchev–Trinajstić information content (AvgIpc) is 2.80. The van der Waals surface area contributed by atoms with Crippen LogP contribution in [0.5, 0.6) is 11.5 Å². The number of cyclic esters (lactones) is 2. The molecule has 3 aromatic rings. The van der Waals surface area contributed by atoms with Crippen molar-refractivity contribution in [3.8, 4) is 11.5 Å². The minimum absolute atomic E-state index is 0.179. The zero-order valence-corrected chi connectivity index (χ0v) is 18.4. The van der Waals surface area contributed by atoms with Gasteiger partial charge in [0.05, 0.1) is 0 Å². The van der Waals surface area contributed by atoms with Crippen LogP contribution in [-0.2, 0) is 32.3 Å². The van der Waals surface area contributed by atoms with Crippen molar-refractivity contribution in [1.82, 2.24) is 0 Å². The predicted molar refractivity (Wildman–Crippen MR) is 122 cm³/mol. The molecule has 0 spiro atoms. The van der Waals surface area contributed by atoms with Crippen LogP contribution in [0.1, 0.15) is 30.5 Å². The van der Waals surface area contributed by atoms with E-state index in [2.05, 4.69) is 0 Å². The lowest BCUT2D eigenvalue weighted by Crippen LogP contribution is -2.41. The normalized spacial score (nSPS) is 14.8. The molecule has 0 atom stereocenters. The SMILES string of the molecule is CC1(C)OC(=O)C(=Cc2ccc(OCc3ccccc3)c(OCc3ccccc3)c2)C(=O)O1. The lowest BCUT2D eigenvalue weighted by Gasteiger charge is -2.29. The summed E-state index contributed by atoms with van der Waals surface area (Å²) in [7, 11) is 0. The Morgan fingerprint density at radius 3 is 1.79 bits per heavy atom. The summed E-state index contributed by atoms with van der Waals surface area (Å²) >= 11 is 0. The maximum absolute atomic E-state index is 12.3. The first kappa shape index (κ1) is 22.1. The second-order valence-electron chi connectivity index (χ2n) is 7.99. The third-order valence-electron chi connectivity index (χ3n) is 4.87. The molecule has 0 radical (unpaired) electrons. The van der Waals surface area contributed by atoms with E-state index in [0.29, 0.717) is 30.3 Å². The Bertz CT molecular complexity index is 1140. The van der Waals surface area contributed by atoms with Crippen LogP contribution in [-0.4, -0.2) is 17.7 Å². The number of rotatable bonds is 7. The van der Waals surface area contributed by atoms with Crippen molar-refractivity contribution in [2.75, 3.05) is 0 Å². The molecule has 1 heterocycles. The van der Waals surface area contributed by atoms with Crippen molar-refractivity contribution in [1.29, 1.82) is 0 Å². The summed E-state index contributed by atoms with van der Waals surface area (Å²) in [6.45, 7) is 3.72. The zero-order chi connectivity index (χ0) is 23.3. The minimum Gasteiger partial charge on any atom is -0.485 e. The summed E-state index contributed by atoms with van der Waals surface area (Å²) in [6, 6.07) is 24.8. The van der Waals surface area contributed by atoms with Crippen molar-refractivity contribution >= 4 is 18.0 Å². The average molecular weight is 444 g/mol. The van der Waals surface area contributed by atoms with Gasteiger partial charge in [-0.25, -0.2) is 9.59 Å². The highest BCUT2D eigenvalue weighted by atomic mass is 16.7. The van der Waals surface area contributed by atoms with Crippen LogP contribution >= 0.6 is 0 Å². The molecular formula is C27H24O6. The van der Waals surface area contributed by atoms with Crippen LogP contribution in [0.3, 0.4) is 0 Å². The molecule has 0 aromatic heterocycles. The van der Waals surface area contributed by atoms with Crippen LogP contribution in [0, 0.1) is 0 Å². The smallest absolute Gasteiger partial charge is 0.348 e. The van der Waals surface area contributed by atoms with Crippen molar-refractivity contribution < 1.29 is 28.5 Å². The molecule has 3 aromatic carbocycles. The van der Waals surface area contributed by atoms with Gasteiger partial charge >= 0.3 is 11.9 Å². The fourth-order valence-corrected chi connectivity index (χ4v) is 3.26. The molecule has 0 aliphatic carbocycles. The van der Waals surface area contributed by atoms with E-state index in [-0.39, 0.29) is 5.57 Å². The Hall–Kier alpha value is -4.06. The second-order valence-corrected chi connectivity index (χ2v) is 7.99. The second kappa shape index (κ2) is 9.61. The lowest BCUT2D eigenvalue weighted by molar-refractivity contribution is -0.222. The molecule has 6 nitrogen and oxygen atoms in total. The molecule has 1 fully saturated rings. The van der Waals surface area contributed by atoms with Crippen LogP contribution in [0.4, 0.5) is 0 Å². The Kier molecular flexibility index (Phi) is 6.45. The number of hydrogen-bond acceptors (Lipinski definition) is 6. The Labute approximate surface area is 192 Å². The number of benzene rings is 3. The highest BCUT2D eigenvalue weighted by Crippen LogP contribution is 2.32. The summed E-state index contributed by atoms with van der Waals surface area (Å²) < 4.78 is 22.4. The molecule has 0 unspecified atom stereocenters. The van der Waals surface area contributed by atoms with Crippen LogP contribution < -0.4 is 9.47 Å². The van der Waals surface area contributed by atoms with E-state index >= 15 is 0 Å². The fourth-order valence-electron chi connectivity index (χ4n) is 3.26. The van der Waals surface area contributed by atoms with Gasteiger partial charge in [-0.15, -0.1) is 0 Å². The molecule has 4 rings (SSSR count). The molecule has 6 heteroatoms. The first-order valence-corrected chi connectivity index (χ1v) is 10.6. The van der Waals surface area contributed by atoms with Gasteiger partial charge in [-0.1, -0.05) is 66.7 Å². The largest absolute Gasteiger partial charge is 0.485 e. The monoisotopic (exact) mass is 444 g/mol. The molecule has 0 amide bonds. The van der Waals surface area contributed by atoms with Gasteiger partial charge in [-0.3, -0.25) is 0 Å². The van der Waals surface area contributed by atoms with Crippen LogP contribution in [0.25, 0.3) is 6.08 Å². The van der Waals surface area contributed by atoms with Gasteiger partial charge < -0.3 is 18.9 Å². The van der Waals surface area contributed by atoms with E-state index in [0.717, 1.165) is 11.1 Å². The van der Waals surface area contributed by atoms with Crippen LogP contribution in [0.2, 0.25) is 0 Å². The van der Waals surface area contributed by atoms with Gasteiger partial charge in [0.15, 0.2) is 11.5 Å². The molecule has 0 N–H and O–H groups in total. The van der Waals surface area contributed by atoms with Gasteiger partial charge in [-0.2, -0.15) is 0 Å². The number of carbonyl (C=O) groups is 2. The summed E-state index contributed by atoms with van der Waals surface area (Å²) in [5.74, 6) is -1.71. The first-order valence-electron chi connectivity index (χ1n) is 10.6. The van der Waals surface area contributed by atoms with Crippen molar-refractivity contribution in [3.63, 3.8) is 0 Å². The van der Waals surface area contributed by atoms with Crippen LogP contribution in [0.15, 0.2) is 84.4 Å². The van der Waals surface area contributed by atoms with E-state index in [9.17, 15) is 9.59 Å². The van der Waals surface area contributed by atoms with E-state index in [1.54, 1.807) is 18.2 Å². The van der Waals surface area contributed by atoms with Gasteiger partial charge in [-0.05, 0) is 34.9 Å². The number of hydrogen-bond donors (Lipinski definition) is 0. The number of esters is 2. The van der Waals surface area contributed by atoms with Crippen molar-refractivity contribution in [2.24, 2.45) is 0 Å². The molecule has 33 heavy (non-hydrogen) atoms. The Morgan fingerprint density at radius 1 is 0.727 bits per heavy atom.